The molecule has 2 rings (SSSR count). The Hall–Kier alpha value is -0.870. The minimum absolute atomic E-state index is 0.168. The summed E-state index contributed by atoms with van der Waals surface area (Å²) in [5.41, 5.74) is 3.17. The predicted molar refractivity (Wildman–Crippen MR) is 83.6 cm³/mol. The molecule has 112 valence electrons. The summed E-state index contributed by atoms with van der Waals surface area (Å²) in [6.45, 7) is 6.08. The lowest BCUT2D eigenvalue weighted by Gasteiger charge is -2.20. The maximum absolute atomic E-state index is 12.7. The highest BCUT2D eigenvalue weighted by atomic mass is 32.2. The number of sulfone groups is 1. The van der Waals surface area contributed by atoms with Crippen LogP contribution in [0.3, 0.4) is 0 Å². The third-order valence-corrected chi connectivity index (χ3v) is 6.79. The van der Waals surface area contributed by atoms with Gasteiger partial charge in [-0.05, 0) is 45.2 Å². The summed E-state index contributed by atoms with van der Waals surface area (Å²) in [5.74, 6) is 0.358. The molecule has 20 heavy (non-hydrogen) atoms. The quantitative estimate of drug-likeness (QED) is 0.929. The minimum Gasteiger partial charge on any atom is -0.317 e. The van der Waals surface area contributed by atoms with E-state index in [1.54, 1.807) is 0 Å². The zero-order valence-electron chi connectivity index (χ0n) is 12.8. The Labute approximate surface area is 122 Å². The monoisotopic (exact) mass is 295 g/mol. The SMILES string of the molecule is CNC1CCC(S(=O)(=O)Cc2cc(C)cc(C)c2)C1C. The van der Waals surface area contributed by atoms with Gasteiger partial charge in [0.05, 0.1) is 11.0 Å². The molecule has 0 spiro atoms. The topological polar surface area (TPSA) is 46.2 Å². The fourth-order valence-electron chi connectivity index (χ4n) is 3.53. The van der Waals surface area contributed by atoms with Gasteiger partial charge >= 0.3 is 0 Å². The molecule has 1 N–H and O–H groups in total. The molecule has 0 aliphatic heterocycles. The van der Waals surface area contributed by atoms with Crippen molar-refractivity contribution >= 4 is 9.84 Å². The minimum atomic E-state index is -3.08. The Kier molecular flexibility index (Phi) is 4.55. The van der Waals surface area contributed by atoms with Crippen LogP contribution in [0.5, 0.6) is 0 Å². The van der Waals surface area contributed by atoms with E-state index in [1.165, 1.54) is 0 Å². The van der Waals surface area contributed by atoms with E-state index in [4.69, 9.17) is 0 Å². The van der Waals surface area contributed by atoms with Crippen molar-refractivity contribution in [2.24, 2.45) is 5.92 Å². The number of rotatable bonds is 4. The van der Waals surface area contributed by atoms with Crippen molar-refractivity contribution in [3.05, 3.63) is 34.9 Å². The Balaban J connectivity index is 2.19. The molecule has 3 unspecified atom stereocenters. The van der Waals surface area contributed by atoms with Crippen LogP contribution < -0.4 is 5.32 Å². The fourth-order valence-corrected chi connectivity index (χ4v) is 5.72. The molecule has 3 atom stereocenters. The fraction of sp³-hybridized carbons (Fsp3) is 0.625. The first-order valence-electron chi connectivity index (χ1n) is 7.29. The highest BCUT2D eigenvalue weighted by Crippen LogP contribution is 2.33. The molecule has 0 radical (unpaired) electrons. The van der Waals surface area contributed by atoms with E-state index >= 15 is 0 Å². The van der Waals surface area contributed by atoms with Gasteiger partial charge in [0.2, 0.25) is 0 Å². The van der Waals surface area contributed by atoms with Crippen LogP contribution in [-0.4, -0.2) is 26.8 Å². The predicted octanol–water partition coefficient (Wildman–Crippen LogP) is 2.60. The molecule has 0 bridgehead atoms. The Bertz CT molecular complexity index is 560. The van der Waals surface area contributed by atoms with Crippen molar-refractivity contribution in [2.75, 3.05) is 7.05 Å². The second-order valence-electron chi connectivity index (χ2n) is 6.17. The maximum Gasteiger partial charge on any atom is 0.157 e. The van der Waals surface area contributed by atoms with Crippen LogP contribution in [0, 0.1) is 19.8 Å². The van der Waals surface area contributed by atoms with Crippen LogP contribution in [0.4, 0.5) is 0 Å². The Morgan fingerprint density at radius 3 is 2.25 bits per heavy atom. The van der Waals surface area contributed by atoms with Gasteiger partial charge in [-0.2, -0.15) is 0 Å². The summed E-state index contributed by atoms with van der Waals surface area (Å²) in [5, 5.41) is 3.03. The van der Waals surface area contributed by atoms with Crippen LogP contribution in [-0.2, 0) is 15.6 Å². The van der Waals surface area contributed by atoms with Crippen molar-refractivity contribution in [3.8, 4) is 0 Å². The lowest BCUT2D eigenvalue weighted by atomic mass is 10.1. The zero-order valence-corrected chi connectivity index (χ0v) is 13.6. The Morgan fingerprint density at radius 2 is 1.75 bits per heavy atom. The summed E-state index contributed by atoms with van der Waals surface area (Å²) in [4.78, 5) is 0. The van der Waals surface area contributed by atoms with E-state index in [0.717, 1.165) is 29.5 Å². The molecule has 3 nitrogen and oxygen atoms in total. The molecule has 1 saturated carbocycles. The average molecular weight is 295 g/mol. The van der Waals surface area contributed by atoms with Crippen molar-refractivity contribution in [3.63, 3.8) is 0 Å². The van der Waals surface area contributed by atoms with Crippen LogP contribution in [0.25, 0.3) is 0 Å². The summed E-state index contributed by atoms with van der Waals surface area (Å²) in [6, 6.07) is 6.37. The first-order valence-corrected chi connectivity index (χ1v) is 9.01. The van der Waals surface area contributed by atoms with Gasteiger partial charge in [-0.15, -0.1) is 0 Å². The van der Waals surface area contributed by atoms with Gasteiger partial charge in [-0.3, -0.25) is 0 Å². The van der Waals surface area contributed by atoms with E-state index in [-0.39, 0.29) is 16.9 Å². The highest BCUT2D eigenvalue weighted by molar-refractivity contribution is 7.91. The van der Waals surface area contributed by atoms with Gasteiger partial charge in [0.25, 0.3) is 0 Å². The van der Waals surface area contributed by atoms with Crippen LogP contribution in [0.1, 0.15) is 36.5 Å². The average Bonchev–Trinajstić information content (AvgIpc) is 2.68. The Morgan fingerprint density at radius 1 is 1.15 bits per heavy atom. The number of aryl methyl sites for hydroxylation is 2. The summed E-state index contributed by atoms with van der Waals surface area (Å²) in [6.07, 6.45) is 1.73. The number of benzene rings is 1. The molecule has 1 aromatic rings. The number of hydrogen-bond donors (Lipinski definition) is 1. The molecule has 1 fully saturated rings. The summed E-state index contributed by atoms with van der Waals surface area (Å²) in [7, 11) is -1.16. The molecule has 1 aliphatic carbocycles. The smallest absolute Gasteiger partial charge is 0.157 e. The van der Waals surface area contributed by atoms with Gasteiger partial charge in [0.15, 0.2) is 9.84 Å². The largest absolute Gasteiger partial charge is 0.317 e. The van der Waals surface area contributed by atoms with E-state index in [1.807, 2.05) is 33.0 Å². The molecule has 1 aliphatic rings. The second kappa shape index (κ2) is 5.86. The molecule has 0 amide bonds. The molecule has 0 saturated heterocycles. The van der Waals surface area contributed by atoms with E-state index in [0.29, 0.717) is 6.04 Å². The van der Waals surface area contributed by atoms with Crippen molar-refractivity contribution in [2.45, 2.75) is 50.7 Å². The normalized spacial score (nSPS) is 26.9. The third-order valence-electron chi connectivity index (χ3n) is 4.46. The molecular weight excluding hydrogens is 270 g/mol. The summed E-state index contributed by atoms with van der Waals surface area (Å²) >= 11 is 0. The van der Waals surface area contributed by atoms with Crippen molar-refractivity contribution in [1.29, 1.82) is 0 Å². The van der Waals surface area contributed by atoms with Gasteiger partial charge in [0, 0.05) is 6.04 Å². The van der Waals surface area contributed by atoms with Gasteiger partial charge in [0.1, 0.15) is 0 Å². The first-order chi connectivity index (χ1) is 9.33. The second-order valence-corrected chi connectivity index (χ2v) is 8.39. The lowest BCUT2D eigenvalue weighted by molar-refractivity contribution is 0.453. The third kappa shape index (κ3) is 3.23. The van der Waals surface area contributed by atoms with Crippen molar-refractivity contribution in [1.82, 2.24) is 5.32 Å². The van der Waals surface area contributed by atoms with E-state index < -0.39 is 9.84 Å². The molecule has 0 aromatic heterocycles. The lowest BCUT2D eigenvalue weighted by Crippen LogP contribution is -2.34. The van der Waals surface area contributed by atoms with Gasteiger partial charge < -0.3 is 5.32 Å². The summed E-state index contributed by atoms with van der Waals surface area (Å²) < 4.78 is 25.3. The van der Waals surface area contributed by atoms with Gasteiger partial charge in [-0.1, -0.05) is 36.2 Å². The number of hydrogen-bond acceptors (Lipinski definition) is 3. The van der Waals surface area contributed by atoms with E-state index in [9.17, 15) is 8.42 Å². The molecule has 0 heterocycles. The number of nitrogens with one attached hydrogen (secondary N) is 1. The highest BCUT2D eigenvalue weighted by Gasteiger charge is 2.39. The maximum atomic E-state index is 12.7. The van der Waals surface area contributed by atoms with Crippen molar-refractivity contribution < 1.29 is 8.42 Å². The van der Waals surface area contributed by atoms with Crippen LogP contribution >= 0.6 is 0 Å². The van der Waals surface area contributed by atoms with Gasteiger partial charge in [-0.25, -0.2) is 8.42 Å². The van der Waals surface area contributed by atoms with E-state index in [2.05, 4.69) is 18.3 Å². The first kappa shape index (κ1) is 15.5. The molecule has 4 heteroatoms. The standard InChI is InChI=1S/C16H25NO2S/c1-11-7-12(2)9-14(8-11)10-20(18,19)16-6-5-15(17-4)13(16)3/h7-9,13,15-17H,5-6,10H2,1-4H3. The molecular formula is C16H25NO2S. The van der Waals surface area contributed by atoms with Crippen LogP contribution in [0.15, 0.2) is 18.2 Å². The zero-order chi connectivity index (χ0) is 14.9. The van der Waals surface area contributed by atoms with Crippen LogP contribution in [0.2, 0.25) is 0 Å². The molecule has 1 aromatic carbocycles.